The summed E-state index contributed by atoms with van der Waals surface area (Å²) in [4.78, 5) is 22.7. The van der Waals surface area contributed by atoms with E-state index in [0.29, 0.717) is 11.1 Å². The third-order valence-corrected chi connectivity index (χ3v) is 2.80. The van der Waals surface area contributed by atoms with E-state index in [9.17, 15) is 9.59 Å². The SMILES string of the molecule is O=C1NC(=O)c2cc(C=CCCBr)ccc21. The zero-order valence-electron chi connectivity index (χ0n) is 8.50. The van der Waals surface area contributed by atoms with Crippen molar-refractivity contribution in [3.05, 3.63) is 41.0 Å². The van der Waals surface area contributed by atoms with Gasteiger partial charge in [0.25, 0.3) is 11.8 Å². The van der Waals surface area contributed by atoms with Crippen molar-refractivity contribution in [1.82, 2.24) is 5.32 Å². The van der Waals surface area contributed by atoms with Crippen LogP contribution >= 0.6 is 15.9 Å². The summed E-state index contributed by atoms with van der Waals surface area (Å²) >= 11 is 3.33. The number of hydrogen-bond donors (Lipinski definition) is 1. The molecule has 1 aromatic rings. The Hall–Kier alpha value is -1.42. The van der Waals surface area contributed by atoms with Crippen LogP contribution in [0.25, 0.3) is 6.08 Å². The zero-order valence-corrected chi connectivity index (χ0v) is 10.1. The van der Waals surface area contributed by atoms with Crippen LogP contribution in [0.2, 0.25) is 0 Å². The number of imide groups is 1. The summed E-state index contributed by atoms with van der Waals surface area (Å²) in [6.45, 7) is 0. The molecular weight excluding hydrogens is 270 g/mol. The molecule has 1 N–H and O–H groups in total. The fraction of sp³-hybridized carbons (Fsp3) is 0.167. The summed E-state index contributed by atoms with van der Waals surface area (Å²) in [6.07, 6.45) is 4.89. The van der Waals surface area contributed by atoms with Crippen LogP contribution in [0.3, 0.4) is 0 Å². The molecule has 0 bridgehead atoms. The molecule has 1 heterocycles. The summed E-state index contributed by atoms with van der Waals surface area (Å²) in [5, 5.41) is 3.18. The first-order valence-electron chi connectivity index (χ1n) is 4.94. The van der Waals surface area contributed by atoms with Gasteiger partial charge in [0.1, 0.15) is 0 Å². The number of alkyl halides is 1. The highest BCUT2D eigenvalue weighted by Crippen LogP contribution is 2.18. The number of benzene rings is 1. The van der Waals surface area contributed by atoms with Crippen LogP contribution in [0.15, 0.2) is 24.3 Å². The molecule has 2 amide bonds. The first-order chi connectivity index (χ1) is 7.72. The standard InChI is InChI=1S/C12H10BrNO2/c13-6-2-1-3-8-4-5-9-10(7-8)12(16)14-11(9)15/h1,3-5,7H,2,6H2,(H,14,15,16). The molecule has 0 unspecified atom stereocenters. The van der Waals surface area contributed by atoms with E-state index in [1.54, 1.807) is 12.1 Å². The van der Waals surface area contributed by atoms with E-state index in [1.165, 1.54) is 0 Å². The minimum atomic E-state index is -0.309. The maximum absolute atomic E-state index is 11.4. The van der Waals surface area contributed by atoms with Crippen molar-refractivity contribution in [3.8, 4) is 0 Å². The van der Waals surface area contributed by atoms with Gasteiger partial charge in [-0.25, -0.2) is 0 Å². The summed E-state index contributed by atoms with van der Waals surface area (Å²) in [7, 11) is 0. The summed E-state index contributed by atoms with van der Waals surface area (Å²) in [5.74, 6) is -0.619. The van der Waals surface area contributed by atoms with Crippen molar-refractivity contribution in [3.63, 3.8) is 0 Å². The molecule has 4 heteroatoms. The van der Waals surface area contributed by atoms with Gasteiger partial charge in [-0.3, -0.25) is 14.9 Å². The van der Waals surface area contributed by atoms with E-state index in [1.807, 2.05) is 18.2 Å². The molecular formula is C12H10BrNO2. The summed E-state index contributed by atoms with van der Waals surface area (Å²) in [6, 6.07) is 5.26. The number of nitrogens with one attached hydrogen (secondary N) is 1. The van der Waals surface area contributed by atoms with Gasteiger partial charge >= 0.3 is 0 Å². The Labute approximate surface area is 102 Å². The molecule has 0 fully saturated rings. The van der Waals surface area contributed by atoms with Crippen molar-refractivity contribution >= 4 is 33.8 Å². The monoisotopic (exact) mass is 279 g/mol. The number of fused-ring (bicyclic) bond motifs is 1. The first kappa shape index (κ1) is 11.1. The Bertz CT molecular complexity index is 480. The molecule has 3 nitrogen and oxygen atoms in total. The van der Waals surface area contributed by atoms with Gasteiger partial charge in [-0.05, 0) is 24.1 Å². The van der Waals surface area contributed by atoms with E-state index < -0.39 is 0 Å². The highest BCUT2D eigenvalue weighted by molar-refractivity contribution is 9.09. The largest absolute Gasteiger partial charge is 0.288 e. The number of amides is 2. The van der Waals surface area contributed by atoms with Gasteiger partial charge in [-0.2, -0.15) is 0 Å². The lowest BCUT2D eigenvalue weighted by Crippen LogP contribution is -2.19. The highest BCUT2D eigenvalue weighted by Gasteiger charge is 2.26. The highest BCUT2D eigenvalue weighted by atomic mass is 79.9. The number of hydrogen-bond acceptors (Lipinski definition) is 2. The van der Waals surface area contributed by atoms with Gasteiger partial charge in [-0.15, -0.1) is 0 Å². The van der Waals surface area contributed by atoms with E-state index in [-0.39, 0.29) is 11.8 Å². The molecule has 82 valence electrons. The lowest BCUT2D eigenvalue weighted by atomic mass is 10.1. The first-order valence-corrected chi connectivity index (χ1v) is 6.07. The van der Waals surface area contributed by atoms with Gasteiger partial charge in [0.05, 0.1) is 11.1 Å². The molecule has 2 rings (SSSR count). The fourth-order valence-electron chi connectivity index (χ4n) is 1.57. The second kappa shape index (κ2) is 4.61. The molecule has 0 saturated carbocycles. The second-order valence-electron chi connectivity index (χ2n) is 3.47. The average molecular weight is 280 g/mol. The van der Waals surface area contributed by atoms with Gasteiger partial charge in [0.2, 0.25) is 0 Å². The minimum absolute atomic E-state index is 0.309. The number of carbonyl (C=O) groups is 2. The van der Waals surface area contributed by atoms with E-state index in [0.717, 1.165) is 17.3 Å². The molecule has 0 saturated heterocycles. The third-order valence-electron chi connectivity index (χ3n) is 2.35. The van der Waals surface area contributed by atoms with Crippen molar-refractivity contribution in [2.45, 2.75) is 6.42 Å². The number of carbonyl (C=O) groups excluding carboxylic acids is 2. The minimum Gasteiger partial charge on any atom is -0.288 e. The van der Waals surface area contributed by atoms with Crippen molar-refractivity contribution < 1.29 is 9.59 Å². The van der Waals surface area contributed by atoms with Crippen molar-refractivity contribution in [1.29, 1.82) is 0 Å². The lowest BCUT2D eigenvalue weighted by molar-refractivity contribution is 0.0879. The third kappa shape index (κ3) is 2.07. The predicted octanol–water partition coefficient (Wildman–Crippen LogP) is 2.37. The van der Waals surface area contributed by atoms with Crippen LogP contribution in [0.1, 0.15) is 32.7 Å². The molecule has 1 aromatic carbocycles. The number of rotatable bonds is 3. The molecule has 16 heavy (non-hydrogen) atoms. The van der Waals surface area contributed by atoms with E-state index >= 15 is 0 Å². The van der Waals surface area contributed by atoms with Crippen LogP contribution in [-0.2, 0) is 0 Å². The number of halogens is 1. The van der Waals surface area contributed by atoms with Crippen LogP contribution in [0, 0.1) is 0 Å². The molecule has 0 aromatic heterocycles. The summed E-state index contributed by atoms with van der Waals surface area (Å²) in [5.41, 5.74) is 1.86. The van der Waals surface area contributed by atoms with Crippen molar-refractivity contribution in [2.24, 2.45) is 0 Å². The Balaban J connectivity index is 2.30. The van der Waals surface area contributed by atoms with Crippen LogP contribution in [-0.4, -0.2) is 17.1 Å². The summed E-state index contributed by atoms with van der Waals surface area (Å²) < 4.78 is 0. The Kier molecular flexibility index (Phi) is 3.19. The van der Waals surface area contributed by atoms with Crippen LogP contribution in [0.5, 0.6) is 0 Å². The second-order valence-corrected chi connectivity index (χ2v) is 4.26. The Morgan fingerprint density at radius 2 is 1.94 bits per heavy atom. The maximum atomic E-state index is 11.4. The van der Waals surface area contributed by atoms with Gasteiger partial charge in [-0.1, -0.05) is 34.1 Å². The zero-order chi connectivity index (χ0) is 11.5. The Morgan fingerprint density at radius 3 is 2.69 bits per heavy atom. The molecule has 0 atom stereocenters. The quantitative estimate of drug-likeness (QED) is 0.682. The lowest BCUT2D eigenvalue weighted by Gasteiger charge is -1.96. The van der Waals surface area contributed by atoms with E-state index in [4.69, 9.17) is 0 Å². The molecule has 0 aliphatic carbocycles. The van der Waals surface area contributed by atoms with E-state index in [2.05, 4.69) is 21.2 Å². The van der Waals surface area contributed by atoms with Crippen LogP contribution < -0.4 is 5.32 Å². The normalized spacial score (nSPS) is 14.3. The smallest absolute Gasteiger partial charge is 0.258 e. The maximum Gasteiger partial charge on any atom is 0.258 e. The van der Waals surface area contributed by atoms with Crippen molar-refractivity contribution in [2.75, 3.05) is 5.33 Å². The van der Waals surface area contributed by atoms with Gasteiger partial charge < -0.3 is 0 Å². The topological polar surface area (TPSA) is 46.2 Å². The van der Waals surface area contributed by atoms with Gasteiger partial charge in [0, 0.05) is 5.33 Å². The van der Waals surface area contributed by atoms with Crippen LogP contribution in [0.4, 0.5) is 0 Å². The Morgan fingerprint density at radius 1 is 1.19 bits per heavy atom. The molecule has 1 aliphatic heterocycles. The predicted molar refractivity (Wildman–Crippen MR) is 65.7 cm³/mol. The average Bonchev–Trinajstić information content (AvgIpc) is 2.55. The molecule has 1 aliphatic rings. The molecule has 0 radical (unpaired) electrons. The number of allylic oxidation sites excluding steroid dienone is 1. The van der Waals surface area contributed by atoms with Gasteiger partial charge in [0.15, 0.2) is 0 Å². The molecule has 0 spiro atoms. The fourth-order valence-corrected chi connectivity index (χ4v) is 1.84.